The number of rotatable bonds is 8. The normalized spacial score (nSPS) is 12.8. The maximum atomic E-state index is 12.2. The Hall–Kier alpha value is -2.82. The summed E-state index contributed by atoms with van der Waals surface area (Å²) in [7, 11) is -2.62. The molecule has 0 saturated carbocycles. The number of halogens is 1. The number of esters is 1. The molecule has 0 fully saturated rings. The lowest BCUT2D eigenvalue weighted by molar-refractivity contribution is -0.124. The van der Waals surface area contributed by atoms with Crippen LogP contribution in [0.1, 0.15) is 15.9 Å². The second-order valence-electron chi connectivity index (χ2n) is 6.51. The third kappa shape index (κ3) is 5.87. The predicted octanol–water partition coefficient (Wildman–Crippen LogP) is 1.54. The Kier molecular flexibility index (Phi) is 7.37. The highest BCUT2D eigenvalue weighted by Gasteiger charge is 2.19. The van der Waals surface area contributed by atoms with Crippen molar-refractivity contribution in [3.63, 3.8) is 0 Å². The van der Waals surface area contributed by atoms with Gasteiger partial charge in [-0.25, -0.2) is 17.9 Å². The zero-order chi connectivity index (χ0) is 22.4. The van der Waals surface area contributed by atoms with Crippen LogP contribution in [0, 0.1) is 0 Å². The first-order chi connectivity index (χ1) is 14.8. The van der Waals surface area contributed by atoms with Gasteiger partial charge in [-0.1, -0.05) is 17.7 Å². The second kappa shape index (κ2) is 9.99. The first-order valence-corrected chi connectivity index (χ1v) is 11.2. The van der Waals surface area contributed by atoms with Gasteiger partial charge in [-0.05, 0) is 49.4 Å². The van der Waals surface area contributed by atoms with E-state index in [1.807, 2.05) is 18.2 Å². The maximum absolute atomic E-state index is 12.2. The third-order valence-electron chi connectivity index (χ3n) is 4.40. The summed E-state index contributed by atoms with van der Waals surface area (Å²) in [6.07, 6.45) is 0.554. The Morgan fingerprint density at radius 3 is 2.58 bits per heavy atom. The molecule has 2 aromatic carbocycles. The molecule has 0 radical (unpaired) electrons. The van der Waals surface area contributed by atoms with Crippen molar-refractivity contribution >= 4 is 33.5 Å². The first-order valence-electron chi connectivity index (χ1n) is 9.35. The number of ether oxygens (including phenoxy) is 3. The molecule has 0 bridgehead atoms. The van der Waals surface area contributed by atoms with Crippen LogP contribution in [0.4, 0.5) is 0 Å². The Balaban J connectivity index is 1.48. The van der Waals surface area contributed by atoms with Crippen molar-refractivity contribution in [2.24, 2.45) is 0 Å². The molecular formula is C20H21ClN2O7S. The van der Waals surface area contributed by atoms with Gasteiger partial charge in [0.2, 0.25) is 10.0 Å². The van der Waals surface area contributed by atoms with Crippen LogP contribution in [0.3, 0.4) is 0 Å². The van der Waals surface area contributed by atoms with E-state index in [2.05, 4.69) is 10.0 Å². The number of carbonyl (C=O) groups is 2. The number of amides is 1. The van der Waals surface area contributed by atoms with Crippen LogP contribution in [-0.2, 0) is 26.0 Å². The van der Waals surface area contributed by atoms with Gasteiger partial charge in [-0.15, -0.1) is 0 Å². The Bertz CT molecular complexity index is 1090. The molecule has 0 atom stereocenters. The smallest absolute Gasteiger partial charge is 0.338 e. The standard InChI is InChI=1S/C20H21ClN2O7S/c1-22-31(26,27)18-11-14(3-4-15(18)21)20(25)30-12-19(24)23-7-6-13-2-5-16-17(10-13)29-9-8-28-16/h2-5,10-11,22H,6-9,12H2,1H3,(H,23,24). The number of carbonyl (C=O) groups excluding carboxylic acids is 2. The Morgan fingerprint density at radius 2 is 1.84 bits per heavy atom. The van der Waals surface area contributed by atoms with Crippen molar-refractivity contribution in [2.75, 3.05) is 33.4 Å². The van der Waals surface area contributed by atoms with Gasteiger partial charge in [0.15, 0.2) is 18.1 Å². The molecule has 3 rings (SSSR count). The molecule has 1 aliphatic heterocycles. The van der Waals surface area contributed by atoms with Crippen molar-refractivity contribution in [3.8, 4) is 11.5 Å². The average molecular weight is 469 g/mol. The summed E-state index contributed by atoms with van der Waals surface area (Å²) in [4.78, 5) is 23.9. The van der Waals surface area contributed by atoms with Crippen LogP contribution < -0.4 is 19.5 Å². The van der Waals surface area contributed by atoms with E-state index >= 15 is 0 Å². The fourth-order valence-corrected chi connectivity index (χ4v) is 4.05. The van der Waals surface area contributed by atoms with E-state index in [1.54, 1.807) is 0 Å². The number of sulfonamides is 1. The maximum Gasteiger partial charge on any atom is 0.338 e. The molecule has 0 saturated heterocycles. The van der Waals surface area contributed by atoms with Crippen LogP contribution in [0.25, 0.3) is 0 Å². The molecule has 0 aromatic heterocycles. The minimum atomic E-state index is -3.85. The van der Waals surface area contributed by atoms with Gasteiger partial charge in [0.1, 0.15) is 18.1 Å². The topological polar surface area (TPSA) is 120 Å². The van der Waals surface area contributed by atoms with E-state index in [1.165, 1.54) is 19.2 Å². The summed E-state index contributed by atoms with van der Waals surface area (Å²) in [6, 6.07) is 9.25. The van der Waals surface area contributed by atoms with Crippen molar-refractivity contribution in [2.45, 2.75) is 11.3 Å². The summed E-state index contributed by atoms with van der Waals surface area (Å²) in [6.45, 7) is 0.844. The molecule has 9 nitrogen and oxygen atoms in total. The number of hydrogen-bond acceptors (Lipinski definition) is 7. The van der Waals surface area contributed by atoms with E-state index in [4.69, 9.17) is 25.8 Å². The zero-order valence-corrected chi connectivity index (χ0v) is 18.2. The highest BCUT2D eigenvalue weighted by Crippen LogP contribution is 2.30. The predicted molar refractivity (Wildman–Crippen MR) is 112 cm³/mol. The summed E-state index contributed by atoms with van der Waals surface area (Å²) in [5.41, 5.74) is 0.920. The van der Waals surface area contributed by atoms with Crippen molar-refractivity contribution < 1.29 is 32.2 Å². The largest absolute Gasteiger partial charge is 0.486 e. The third-order valence-corrected chi connectivity index (χ3v) is 6.30. The summed E-state index contributed by atoms with van der Waals surface area (Å²) in [5, 5.41) is 2.62. The molecule has 31 heavy (non-hydrogen) atoms. The van der Waals surface area contributed by atoms with Gasteiger partial charge < -0.3 is 19.5 Å². The molecule has 2 N–H and O–H groups in total. The SMILES string of the molecule is CNS(=O)(=O)c1cc(C(=O)OCC(=O)NCCc2ccc3c(c2)OCCO3)ccc1Cl. The molecule has 1 amide bonds. The fraction of sp³-hybridized carbons (Fsp3) is 0.300. The van der Waals surface area contributed by atoms with Gasteiger partial charge in [-0.3, -0.25) is 4.79 Å². The van der Waals surface area contributed by atoms with Crippen LogP contribution in [0.15, 0.2) is 41.3 Å². The van der Waals surface area contributed by atoms with Crippen LogP contribution in [-0.4, -0.2) is 53.7 Å². The minimum absolute atomic E-state index is 0.0391. The Labute approximate surface area is 184 Å². The molecule has 11 heteroatoms. The molecule has 166 valence electrons. The van der Waals surface area contributed by atoms with E-state index in [9.17, 15) is 18.0 Å². The lowest BCUT2D eigenvalue weighted by Crippen LogP contribution is -2.30. The van der Waals surface area contributed by atoms with E-state index < -0.39 is 28.5 Å². The van der Waals surface area contributed by atoms with Gasteiger partial charge in [0, 0.05) is 6.54 Å². The van der Waals surface area contributed by atoms with Crippen molar-refractivity contribution in [3.05, 3.63) is 52.5 Å². The molecule has 2 aromatic rings. The molecule has 0 spiro atoms. The van der Waals surface area contributed by atoms with Crippen molar-refractivity contribution in [1.82, 2.24) is 10.0 Å². The van der Waals surface area contributed by atoms with E-state index in [0.717, 1.165) is 11.6 Å². The lowest BCUT2D eigenvalue weighted by atomic mass is 10.1. The highest BCUT2D eigenvalue weighted by molar-refractivity contribution is 7.89. The first kappa shape index (κ1) is 22.9. The van der Waals surface area contributed by atoms with Crippen LogP contribution in [0.5, 0.6) is 11.5 Å². The molecular weight excluding hydrogens is 448 g/mol. The summed E-state index contributed by atoms with van der Waals surface area (Å²) < 4.78 is 42.0. The molecule has 1 heterocycles. The van der Waals surface area contributed by atoms with Gasteiger partial charge in [0.05, 0.1) is 10.6 Å². The zero-order valence-electron chi connectivity index (χ0n) is 16.6. The number of fused-ring (bicyclic) bond motifs is 1. The monoisotopic (exact) mass is 468 g/mol. The van der Waals surface area contributed by atoms with Crippen molar-refractivity contribution in [1.29, 1.82) is 0 Å². The van der Waals surface area contributed by atoms with Crippen LogP contribution in [0.2, 0.25) is 5.02 Å². The Morgan fingerprint density at radius 1 is 1.10 bits per heavy atom. The lowest BCUT2D eigenvalue weighted by Gasteiger charge is -2.18. The quantitative estimate of drug-likeness (QED) is 0.564. The van der Waals surface area contributed by atoms with Crippen LogP contribution >= 0.6 is 11.6 Å². The highest BCUT2D eigenvalue weighted by atomic mass is 35.5. The average Bonchev–Trinajstić information content (AvgIpc) is 2.77. The molecule has 0 aliphatic carbocycles. The van der Waals surface area contributed by atoms with Gasteiger partial charge in [-0.2, -0.15) is 0 Å². The molecule has 0 unspecified atom stereocenters. The van der Waals surface area contributed by atoms with Gasteiger partial charge in [0.25, 0.3) is 5.91 Å². The van der Waals surface area contributed by atoms with E-state index in [0.29, 0.717) is 37.7 Å². The van der Waals surface area contributed by atoms with Gasteiger partial charge >= 0.3 is 5.97 Å². The summed E-state index contributed by atoms with van der Waals surface area (Å²) >= 11 is 5.89. The molecule has 1 aliphatic rings. The number of hydrogen-bond donors (Lipinski definition) is 2. The second-order valence-corrected chi connectivity index (χ2v) is 8.77. The summed E-state index contributed by atoms with van der Waals surface area (Å²) in [5.74, 6) is 0.0413. The minimum Gasteiger partial charge on any atom is -0.486 e. The van der Waals surface area contributed by atoms with E-state index in [-0.39, 0.29) is 15.5 Å². The fourth-order valence-electron chi connectivity index (χ4n) is 2.80. The number of nitrogens with one attached hydrogen (secondary N) is 2. The number of benzene rings is 2.